The van der Waals surface area contributed by atoms with E-state index >= 15 is 0 Å². The van der Waals surface area contributed by atoms with Crippen molar-refractivity contribution in [2.75, 3.05) is 52.7 Å². The van der Waals surface area contributed by atoms with Gasteiger partial charge in [0.1, 0.15) is 23.1 Å². The molecule has 2 aromatic carbocycles. The molecule has 344 valence electrons. The van der Waals surface area contributed by atoms with E-state index in [1.54, 1.807) is 48.2 Å². The van der Waals surface area contributed by atoms with Crippen molar-refractivity contribution in [3.63, 3.8) is 0 Å². The van der Waals surface area contributed by atoms with E-state index < -0.39 is 40.3 Å². The molecule has 4 N–H and O–H groups in total. The van der Waals surface area contributed by atoms with Crippen LogP contribution in [0.2, 0.25) is 0 Å². The summed E-state index contributed by atoms with van der Waals surface area (Å²) in [5.41, 5.74) is 2.02. The van der Waals surface area contributed by atoms with Crippen molar-refractivity contribution in [1.29, 1.82) is 0 Å². The average molecular weight is 877 g/mol. The molecule has 0 spiro atoms. The quantitative estimate of drug-likeness (QED) is 0.0303. The van der Waals surface area contributed by atoms with Gasteiger partial charge in [-0.15, -0.1) is 6.58 Å². The Hall–Kier alpha value is -5.13. The molecule has 5 rings (SSSR count). The van der Waals surface area contributed by atoms with Gasteiger partial charge in [0.25, 0.3) is 5.69 Å². The number of hydrogen-bond acceptors (Lipinski definition) is 13. The van der Waals surface area contributed by atoms with Crippen LogP contribution in [0.4, 0.5) is 10.5 Å². The monoisotopic (exact) mass is 876 g/mol. The number of allylic oxidation sites excluding steroid dienone is 1. The van der Waals surface area contributed by atoms with Crippen LogP contribution in [0.5, 0.6) is 11.5 Å². The van der Waals surface area contributed by atoms with Gasteiger partial charge in [-0.1, -0.05) is 30.1 Å². The van der Waals surface area contributed by atoms with Crippen molar-refractivity contribution in [3.05, 3.63) is 94.1 Å². The molecule has 1 saturated carbocycles. The van der Waals surface area contributed by atoms with Crippen LogP contribution >= 0.6 is 0 Å². The molecular formula is C47H64N4O12. The summed E-state index contributed by atoms with van der Waals surface area (Å²) in [6.45, 7) is 11.9. The predicted octanol–water partition coefficient (Wildman–Crippen LogP) is 6.69. The minimum Gasteiger partial charge on any atom is -0.459 e. The number of benzene rings is 2. The highest BCUT2D eigenvalue weighted by molar-refractivity contribution is 6.03. The van der Waals surface area contributed by atoms with Crippen molar-refractivity contribution in [1.82, 2.24) is 10.2 Å². The predicted molar refractivity (Wildman–Crippen MR) is 237 cm³/mol. The fourth-order valence-electron chi connectivity index (χ4n) is 8.91. The summed E-state index contributed by atoms with van der Waals surface area (Å²) in [6, 6.07) is 10.2. The number of amides is 2. The van der Waals surface area contributed by atoms with Crippen LogP contribution in [0, 0.1) is 27.9 Å². The first-order valence-corrected chi connectivity index (χ1v) is 21.9. The first-order chi connectivity index (χ1) is 30.3. The van der Waals surface area contributed by atoms with E-state index in [-0.39, 0.29) is 76.0 Å². The number of oxime groups is 1. The standard InChI is InChI=1S/C47H64N4O12/c1-6-26-60-47-41(50(22-27-59-28-25-54)42(55)21-16-32-14-17-34(18-15-32)51(57)58)31-39(49-63-46(3,4)5)37-29-33(12-8-10-23-52)36(13-9-11-24-53)43(44(37)47)38-30-35(19-20-40(38)62-47)61-45(56)48-7-2/h6,14-21,29-30,33,36,41,43-44,52-54H,1,7-13,22-28,31H2,2-5H3,(H,48,56). The van der Waals surface area contributed by atoms with Crippen LogP contribution in [0.1, 0.15) is 89.7 Å². The van der Waals surface area contributed by atoms with Crippen molar-refractivity contribution in [2.45, 2.75) is 96.0 Å². The zero-order valence-corrected chi connectivity index (χ0v) is 36.9. The number of fused-ring (bicyclic) bond motifs is 2. The Bertz CT molecular complexity index is 1960. The summed E-state index contributed by atoms with van der Waals surface area (Å²) in [5, 5.41) is 48.2. The number of aliphatic hydroxyl groups is 3. The number of aliphatic hydroxyl groups excluding tert-OH is 3. The Morgan fingerprint density at radius 1 is 1.05 bits per heavy atom. The maximum atomic E-state index is 14.8. The van der Waals surface area contributed by atoms with Crippen molar-refractivity contribution >= 4 is 29.5 Å². The second kappa shape index (κ2) is 23.0. The van der Waals surface area contributed by atoms with Gasteiger partial charge in [0.05, 0.1) is 43.0 Å². The molecule has 0 radical (unpaired) electrons. The number of hydrogen-bond donors (Lipinski definition) is 4. The lowest BCUT2D eigenvalue weighted by Gasteiger charge is -2.60. The number of carbonyl (C=O) groups excluding carboxylic acids is 2. The zero-order valence-electron chi connectivity index (χ0n) is 36.9. The number of non-ortho nitro benzene ring substituents is 1. The smallest absolute Gasteiger partial charge is 0.412 e. The Morgan fingerprint density at radius 2 is 1.78 bits per heavy atom. The van der Waals surface area contributed by atoms with Crippen LogP contribution < -0.4 is 14.8 Å². The third kappa shape index (κ3) is 12.3. The van der Waals surface area contributed by atoms with E-state index in [0.29, 0.717) is 55.0 Å². The minimum absolute atomic E-state index is 0.0202. The molecule has 2 aromatic rings. The molecular weight excluding hydrogens is 813 g/mol. The summed E-state index contributed by atoms with van der Waals surface area (Å²) in [7, 11) is 0. The van der Waals surface area contributed by atoms with Gasteiger partial charge in [0.2, 0.25) is 11.7 Å². The summed E-state index contributed by atoms with van der Waals surface area (Å²) < 4.78 is 25.8. The molecule has 6 unspecified atom stereocenters. The fourth-order valence-corrected chi connectivity index (χ4v) is 8.91. The molecule has 16 nitrogen and oxygen atoms in total. The van der Waals surface area contributed by atoms with Gasteiger partial charge in [-0.2, -0.15) is 0 Å². The number of nitrogens with zero attached hydrogens (tertiary/aromatic N) is 3. The number of nitrogens with one attached hydrogen (secondary N) is 1. The third-order valence-electron chi connectivity index (χ3n) is 11.5. The molecule has 16 heteroatoms. The van der Waals surface area contributed by atoms with Crippen LogP contribution in [0.3, 0.4) is 0 Å². The minimum atomic E-state index is -1.57. The SMILES string of the molecule is C=CCOC12Oc3ccc(OC(=O)NCC)cc3C3C(CCCCO)C(CCCCO)C=C(C(=NOC(C)(C)C)CC1N(CCOCCO)C(=O)C=Cc1ccc([N+](=O)[O-])cc1)C32. The Balaban J connectivity index is 1.78. The molecule has 0 aromatic heterocycles. The van der Waals surface area contributed by atoms with Gasteiger partial charge in [0, 0.05) is 62.4 Å². The first kappa shape index (κ1) is 48.9. The van der Waals surface area contributed by atoms with Crippen LogP contribution in [0.15, 0.2) is 78.0 Å². The van der Waals surface area contributed by atoms with Crippen LogP contribution in [0.25, 0.3) is 6.08 Å². The van der Waals surface area contributed by atoms with Crippen molar-refractivity contribution < 1.29 is 53.6 Å². The molecule has 1 heterocycles. The Kier molecular flexibility index (Phi) is 17.8. The highest BCUT2D eigenvalue weighted by atomic mass is 16.7. The molecule has 1 fully saturated rings. The van der Waals surface area contributed by atoms with Crippen molar-refractivity contribution in [3.8, 4) is 11.5 Å². The van der Waals surface area contributed by atoms with E-state index in [0.717, 1.165) is 24.0 Å². The van der Waals surface area contributed by atoms with E-state index in [4.69, 9.17) is 28.9 Å². The van der Waals surface area contributed by atoms with Crippen molar-refractivity contribution in [2.24, 2.45) is 22.9 Å². The lowest BCUT2D eigenvalue weighted by molar-refractivity contribution is -0.384. The Labute approximate surface area is 369 Å². The second-order valence-electron chi connectivity index (χ2n) is 16.9. The van der Waals surface area contributed by atoms with Gasteiger partial charge in [0.15, 0.2) is 0 Å². The lowest BCUT2D eigenvalue weighted by atomic mass is 9.55. The molecule has 2 aliphatic carbocycles. The average Bonchev–Trinajstić information content (AvgIpc) is 3.25. The Morgan fingerprint density at radius 3 is 2.43 bits per heavy atom. The van der Waals surface area contributed by atoms with Gasteiger partial charge in [-0.25, -0.2) is 4.79 Å². The van der Waals surface area contributed by atoms with E-state index in [2.05, 4.69) is 18.0 Å². The normalized spacial score (nSPS) is 23.3. The third-order valence-corrected chi connectivity index (χ3v) is 11.5. The van der Waals surface area contributed by atoms with Gasteiger partial charge in [-0.3, -0.25) is 14.9 Å². The summed E-state index contributed by atoms with van der Waals surface area (Å²) in [5.74, 6) is -2.27. The molecule has 6 atom stereocenters. The van der Waals surface area contributed by atoms with E-state index in [1.165, 1.54) is 18.2 Å². The number of nitro groups is 1. The van der Waals surface area contributed by atoms with Gasteiger partial charge in [-0.05, 0) is 113 Å². The molecule has 1 aliphatic heterocycles. The van der Waals surface area contributed by atoms with Crippen LogP contribution in [-0.2, 0) is 19.1 Å². The molecule has 0 saturated heterocycles. The summed E-state index contributed by atoms with van der Waals surface area (Å²) in [4.78, 5) is 46.2. The van der Waals surface area contributed by atoms with E-state index in [9.17, 15) is 35.0 Å². The fraction of sp³-hybridized carbons (Fsp3) is 0.553. The van der Waals surface area contributed by atoms with Crippen LogP contribution in [-0.4, -0.2) is 113 Å². The molecule has 3 aliphatic rings. The number of ether oxygens (including phenoxy) is 4. The largest absolute Gasteiger partial charge is 0.459 e. The summed E-state index contributed by atoms with van der Waals surface area (Å²) in [6.07, 6.45) is 10.5. The van der Waals surface area contributed by atoms with Gasteiger partial charge < -0.3 is 49.3 Å². The lowest BCUT2D eigenvalue weighted by Crippen LogP contribution is -2.70. The topological polar surface area (TPSA) is 212 Å². The number of unbranched alkanes of at least 4 members (excludes halogenated alkanes) is 2. The second-order valence-corrected chi connectivity index (χ2v) is 16.9. The molecule has 63 heavy (non-hydrogen) atoms. The van der Waals surface area contributed by atoms with Gasteiger partial charge >= 0.3 is 6.09 Å². The molecule has 2 amide bonds. The maximum Gasteiger partial charge on any atom is 0.412 e. The first-order valence-electron chi connectivity index (χ1n) is 21.9. The summed E-state index contributed by atoms with van der Waals surface area (Å²) >= 11 is 0. The number of rotatable bonds is 23. The molecule has 0 bridgehead atoms. The highest BCUT2D eigenvalue weighted by Gasteiger charge is 2.65. The van der Waals surface area contributed by atoms with E-state index in [1.807, 2.05) is 26.8 Å². The maximum absolute atomic E-state index is 14.8. The zero-order chi connectivity index (χ0) is 45.6. The number of nitro benzene ring substituents is 1. The highest BCUT2D eigenvalue weighted by Crippen LogP contribution is 2.62. The number of carbonyl (C=O) groups is 2.